The van der Waals surface area contributed by atoms with E-state index in [1.807, 2.05) is 0 Å². The number of benzene rings is 2. The molecule has 2 unspecified atom stereocenters. The minimum atomic E-state index is -4.95. The van der Waals surface area contributed by atoms with E-state index in [2.05, 4.69) is 10.3 Å². The summed E-state index contributed by atoms with van der Waals surface area (Å²) in [7, 11) is 0. The molecule has 9 heteroatoms. The van der Waals surface area contributed by atoms with Gasteiger partial charge in [-0.1, -0.05) is 30.7 Å². The van der Waals surface area contributed by atoms with Gasteiger partial charge in [-0.15, -0.1) is 0 Å². The van der Waals surface area contributed by atoms with Crippen LogP contribution in [0.25, 0.3) is 10.8 Å². The highest BCUT2D eigenvalue weighted by Gasteiger charge is 2.62. The minimum Gasteiger partial charge on any atom is -0.506 e. The first-order chi connectivity index (χ1) is 14.0. The van der Waals surface area contributed by atoms with Crippen LogP contribution in [0.3, 0.4) is 0 Å². The molecule has 0 amide bonds. The first kappa shape index (κ1) is 20.6. The van der Waals surface area contributed by atoms with Crippen molar-refractivity contribution in [3.63, 3.8) is 0 Å². The molecule has 0 fully saturated rings. The van der Waals surface area contributed by atoms with Crippen molar-refractivity contribution in [2.45, 2.75) is 37.1 Å². The van der Waals surface area contributed by atoms with Gasteiger partial charge in [0.25, 0.3) is 5.56 Å². The van der Waals surface area contributed by atoms with Crippen LogP contribution in [-0.4, -0.2) is 27.0 Å². The largest absolute Gasteiger partial charge is 0.506 e. The van der Waals surface area contributed by atoms with Crippen molar-refractivity contribution < 1.29 is 23.4 Å². The number of pyridine rings is 1. The highest BCUT2D eigenvalue weighted by Crippen LogP contribution is 2.55. The summed E-state index contributed by atoms with van der Waals surface area (Å²) in [4.78, 5) is 14.6. The Bertz CT molecular complexity index is 1190. The van der Waals surface area contributed by atoms with Gasteiger partial charge in [-0.3, -0.25) is 4.79 Å². The molecular weight excluding hydrogens is 421 g/mol. The van der Waals surface area contributed by atoms with Gasteiger partial charge in [0.1, 0.15) is 5.75 Å². The van der Waals surface area contributed by atoms with Crippen molar-refractivity contribution in [2.24, 2.45) is 0 Å². The molecule has 3 aromatic rings. The van der Waals surface area contributed by atoms with E-state index in [9.17, 15) is 28.2 Å². The van der Waals surface area contributed by atoms with Gasteiger partial charge in [-0.25, -0.2) is 0 Å². The highest BCUT2D eigenvalue weighted by atomic mass is 35.5. The van der Waals surface area contributed by atoms with Crippen LogP contribution in [0.1, 0.15) is 36.4 Å². The van der Waals surface area contributed by atoms with Gasteiger partial charge in [0, 0.05) is 28.2 Å². The number of aromatic nitrogens is 1. The van der Waals surface area contributed by atoms with E-state index in [1.54, 1.807) is 12.1 Å². The Morgan fingerprint density at radius 1 is 1.20 bits per heavy atom. The molecule has 30 heavy (non-hydrogen) atoms. The molecule has 0 saturated carbocycles. The number of aliphatic hydroxyl groups is 1. The lowest BCUT2D eigenvalue weighted by molar-refractivity contribution is -0.272. The van der Waals surface area contributed by atoms with Crippen molar-refractivity contribution in [3.8, 4) is 5.75 Å². The maximum atomic E-state index is 14.1. The van der Waals surface area contributed by atoms with Crippen LogP contribution in [0.5, 0.6) is 5.75 Å². The molecule has 0 aliphatic heterocycles. The lowest BCUT2D eigenvalue weighted by Crippen LogP contribution is -2.55. The molecule has 1 aliphatic carbocycles. The van der Waals surface area contributed by atoms with Gasteiger partial charge < -0.3 is 20.5 Å². The predicted molar refractivity (Wildman–Crippen MR) is 108 cm³/mol. The maximum absolute atomic E-state index is 14.1. The molecule has 1 heterocycles. The second-order valence-corrected chi connectivity index (χ2v) is 7.98. The van der Waals surface area contributed by atoms with Gasteiger partial charge in [0.2, 0.25) is 0 Å². The van der Waals surface area contributed by atoms with E-state index >= 15 is 0 Å². The summed E-state index contributed by atoms with van der Waals surface area (Å²) in [6, 6.07) is 7.24. The normalized spacial score (nSPS) is 23.9. The molecule has 0 bridgehead atoms. The second-order valence-electron chi connectivity index (χ2n) is 7.58. The molecule has 0 saturated heterocycles. The quantitative estimate of drug-likeness (QED) is 0.461. The van der Waals surface area contributed by atoms with E-state index in [-0.39, 0.29) is 33.1 Å². The lowest BCUT2D eigenvalue weighted by Gasteiger charge is -2.45. The van der Waals surface area contributed by atoms with Crippen molar-refractivity contribution in [2.75, 3.05) is 5.32 Å². The number of hydrogen-bond donors (Lipinski definition) is 4. The van der Waals surface area contributed by atoms with Crippen molar-refractivity contribution in [1.29, 1.82) is 0 Å². The van der Waals surface area contributed by atoms with Crippen LogP contribution in [0.15, 0.2) is 47.4 Å². The van der Waals surface area contributed by atoms with Gasteiger partial charge in [0.05, 0.1) is 11.1 Å². The zero-order chi connectivity index (χ0) is 21.8. The summed E-state index contributed by atoms with van der Waals surface area (Å²) in [5.41, 5.74) is -2.89. The van der Waals surface area contributed by atoms with Crippen molar-refractivity contribution >= 4 is 28.1 Å². The topological polar surface area (TPSA) is 85.4 Å². The number of H-pyrrole nitrogens is 1. The zero-order valence-electron chi connectivity index (χ0n) is 15.7. The Hall–Kier alpha value is -2.71. The lowest BCUT2D eigenvalue weighted by atomic mass is 9.70. The summed E-state index contributed by atoms with van der Waals surface area (Å²) in [6.07, 6.45) is -4.22. The minimum absolute atomic E-state index is 0.0218. The number of hydrogen-bond acceptors (Lipinski definition) is 4. The average molecular weight is 439 g/mol. The van der Waals surface area contributed by atoms with Crippen molar-refractivity contribution in [1.82, 2.24) is 4.98 Å². The molecule has 1 aliphatic rings. The summed E-state index contributed by atoms with van der Waals surface area (Å²) >= 11 is 5.98. The Kier molecular flexibility index (Phi) is 4.74. The maximum Gasteiger partial charge on any atom is 0.419 e. The number of halogens is 4. The molecule has 4 N–H and O–H groups in total. The summed E-state index contributed by atoms with van der Waals surface area (Å²) in [6.45, 7) is 1.50. The zero-order valence-corrected chi connectivity index (χ0v) is 16.5. The fourth-order valence-corrected chi connectivity index (χ4v) is 4.45. The summed E-state index contributed by atoms with van der Waals surface area (Å²) in [5.74, 6) is -1.09. The molecular formula is C21H18ClF3N2O3. The smallest absolute Gasteiger partial charge is 0.419 e. The molecule has 5 nitrogen and oxygen atoms in total. The van der Waals surface area contributed by atoms with Gasteiger partial charge in [-0.05, 0) is 42.2 Å². The fraction of sp³-hybridized carbons (Fsp3) is 0.286. The SMILES string of the molecule is CC1C[C@](O)(C(F)(F)F)C(Nc2cccc3c(=O)[nH]ccc23)c2ccc(Cl)c(O)c21. The van der Waals surface area contributed by atoms with E-state index in [1.165, 1.54) is 37.4 Å². The molecule has 2 aromatic carbocycles. The Labute approximate surface area is 174 Å². The van der Waals surface area contributed by atoms with Gasteiger partial charge in [-0.2, -0.15) is 13.2 Å². The molecule has 4 rings (SSSR count). The first-order valence-corrected chi connectivity index (χ1v) is 9.59. The number of phenols is 1. The first-order valence-electron chi connectivity index (χ1n) is 9.22. The standard InChI is InChI=1S/C21H18ClF3N2O3/c1-10-9-20(30,21(23,24)25)18(13-5-6-14(22)17(28)16(10)13)27-15-4-2-3-12-11(15)7-8-26-19(12)29/h2-8,10,18,27-28,30H,9H2,1H3,(H,26,29)/t10?,18?,20-/m1/s1. The number of phenolic OH excluding ortho intramolecular Hbond substituents is 1. The third-order valence-corrected chi connectivity index (χ3v) is 6.01. The Morgan fingerprint density at radius 2 is 1.93 bits per heavy atom. The molecule has 0 spiro atoms. The number of anilines is 1. The molecule has 1 aromatic heterocycles. The third kappa shape index (κ3) is 3.02. The molecule has 3 atom stereocenters. The fourth-order valence-electron chi connectivity index (χ4n) is 4.29. The number of rotatable bonds is 2. The van der Waals surface area contributed by atoms with E-state index in [0.29, 0.717) is 10.8 Å². The number of nitrogens with one attached hydrogen (secondary N) is 2. The Balaban J connectivity index is 1.94. The van der Waals surface area contributed by atoms with Crippen molar-refractivity contribution in [3.05, 3.63) is 69.1 Å². The number of fused-ring (bicyclic) bond motifs is 2. The third-order valence-electron chi connectivity index (χ3n) is 5.71. The van der Waals surface area contributed by atoms with Gasteiger partial charge >= 0.3 is 6.18 Å². The Morgan fingerprint density at radius 3 is 2.63 bits per heavy atom. The predicted octanol–water partition coefficient (Wildman–Crippen LogP) is 4.84. The molecule has 158 valence electrons. The van der Waals surface area contributed by atoms with Crippen LogP contribution >= 0.6 is 11.6 Å². The number of aromatic amines is 1. The van der Waals surface area contributed by atoms with Crippen LogP contribution in [0, 0.1) is 0 Å². The number of alkyl halides is 3. The van der Waals surface area contributed by atoms with Gasteiger partial charge in [0.15, 0.2) is 5.60 Å². The molecule has 0 radical (unpaired) electrons. The van der Waals surface area contributed by atoms with Crippen LogP contribution in [-0.2, 0) is 0 Å². The average Bonchev–Trinajstić information content (AvgIpc) is 2.67. The van der Waals surface area contributed by atoms with E-state index in [0.717, 1.165) is 0 Å². The highest BCUT2D eigenvalue weighted by molar-refractivity contribution is 6.32. The summed E-state index contributed by atoms with van der Waals surface area (Å²) < 4.78 is 42.2. The second kappa shape index (κ2) is 6.92. The van der Waals surface area contributed by atoms with Crippen LogP contribution < -0.4 is 10.9 Å². The number of aromatic hydroxyl groups is 1. The van der Waals surface area contributed by atoms with E-state index < -0.39 is 30.2 Å². The van der Waals surface area contributed by atoms with Crippen LogP contribution in [0.2, 0.25) is 5.02 Å². The monoisotopic (exact) mass is 438 g/mol. The van der Waals surface area contributed by atoms with E-state index in [4.69, 9.17) is 11.6 Å². The summed E-state index contributed by atoms with van der Waals surface area (Å²) in [5, 5.41) is 24.8. The van der Waals surface area contributed by atoms with Crippen LogP contribution in [0.4, 0.5) is 18.9 Å².